The van der Waals surface area contributed by atoms with E-state index >= 15 is 0 Å². The summed E-state index contributed by atoms with van der Waals surface area (Å²) in [5, 5.41) is 18.5. The molecule has 0 unspecified atom stereocenters. The normalized spacial score (nSPS) is 17.2. The second-order valence-electron chi connectivity index (χ2n) is 6.72. The number of rotatable bonds is 1. The summed E-state index contributed by atoms with van der Waals surface area (Å²) < 4.78 is 5.39. The van der Waals surface area contributed by atoms with Crippen LogP contribution in [0.25, 0.3) is 11.3 Å². The van der Waals surface area contributed by atoms with Crippen molar-refractivity contribution in [2.45, 2.75) is 32.3 Å². The third-order valence-corrected chi connectivity index (χ3v) is 4.99. The fourth-order valence-electron chi connectivity index (χ4n) is 3.27. The first-order valence-electron chi connectivity index (χ1n) is 8.95. The number of phenols is 1. The minimum absolute atomic E-state index is 0.0836. The third kappa shape index (κ3) is 4.44. The van der Waals surface area contributed by atoms with Gasteiger partial charge in [-0.15, -0.1) is 10.2 Å². The Hall–Kier alpha value is -1.89. The number of hydrogen-bond donors (Lipinski definition) is 2. The van der Waals surface area contributed by atoms with Crippen LogP contribution in [0.4, 0.5) is 5.82 Å². The van der Waals surface area contributed by atoms with E-state index < -0.39 is 0 Å². The zero-order valence-electron chi connectivity index (χ0n) is 15.0. The second kappa shape index (κ2) is 8.66. The van der Waals surface area contributed by atoms with E-state index in [1.807, 2.05) is 0 Å². The molecule has 3 heterocycles. The van der Waals surface area contributed by atoms with Gasteiger partial charge in [-0.1, -0.05) is 18.0 Å². The molecule has 7 heteroatoms. The Morgan fingerprint density at radius 1 is 1.15 bits per heavy atom. The highest BCUT2D eigenvalue weighted by atomic mass is 35.5. The Bertz CT molecular complexity index is 763. The molecule has 1 saturated heterocycles. The summed E-state index contributed by atoms with van der Waals surface area (Å²) in [5.41, 5.74) is 8.90. The van der Waals surface area contributed by atoms with Gasteiger partial charge in [-0.25, -0.2) is 0 Å². The maximum atomic E-state index is 10.0. The summed E-state index contributed by atoms with van der Waals surface area (Å²) in [6.07, 6.45) is 4.98. The zero-order chi connectivity index (χ0) is 18.5. The molecule has 2 aliphatic rings. The number of piperidine rings is 1. The molecular formula is C19H25ClN4O2. The molecule has 4 rings (SSSR count). The Morgan fingerprint density at radius 3 is 2.58 bits per heavy atom. The highest BCUT2D eigenvalue weighted by Crippen LogP contribution is 2.35. The Kier molecular flexibility index (Phi) is 6.29. The maximum Gasteiger partial charge on any atom is 0.151 e. The van der Waals surface area contributed by atoms with E-state index in [1.165, 1.54) is 38.4 Å². The molecule has 6 nitrogen and oxygen atoms in total. The van der Waals surface area contributed by atoms with Crippen LogP contribution >= 0.6 is 11.6 Å². The van der Waals surface area contributed by atoms with Crippen LogP contribution < -0.4 is 5.73 Å². The molecule has 0 spiro atoms. The smallest absolute Gasteiger partial charge is 0.151 e. The lowest BCUT2D eigenvalue weighted by molar-refractivity contribution is 0.111. The molecule has 26 heavy (non-hydrogen) atoms. The summed E-state index contributed by atoms with van der Waals surface area (Å²) in [7, 11) is 2.19. The van der Waals surface area contributed by atoms with Crippen LogP contribution in [0.1, 0.15) is 30.4 Å². The minimum Gasteiger partial charge on any atom is -0.507 e. The molecule has 0 bridgehead atoms. The monoisotopic (exact) mass is 376 g/mol. The van der Waals surface area contributed by atoms with Gasteiger partial charge in [0, 0.05) is 16.1 Å². The van der Waals surface area contributed by atoms with E-state index in [0.717, 1.165) is 11.1 Å². The average Bonchev–Trinajstić information content (AvgIpc) is 2.64. The molecule has 2 aliphatic heterocycles. The van der Waals surface area contributed by atoms with Gasteiger partial charge in [0.1, 0.15) is 11.4 Å². The van der Waals surface area contributed by atoms with Crippen LogP contribution in [-0.4, -0.2) is 46.9 Å². The Labute approximate surface area is 158 Å². The van der Waals surface area contributed by atoms with Crippen molar-refractivity contribution in [2.75, 3.05) is 32.5 Å². The molecule has 1 aromatic heterocycles. The predicted octanol–water partition coefficient (Wildman–Crippen LogP) is 3.26. The average molecular weight is 377 g/mol. The van der Waals surface area contributed by atoms with Gasteiger partial charge in [-0.2, -0.15) is 0 Å². The number of halogens is 1. The standard InChI is InChI=1S/C13H12ClN3O2.C6H13N/c14-7-1-2-9(11(18)5-7)12-8-3-4-19-6-10(8)13(15)17-16-12;1-7-5-3-2-4-6-7/h1-2,5,18H,3-4,6H2,(H2,15,17);2-6H2,1H3. The van der Waals surface area contributed by atoms with Gasteiger partial charge in [0.25, 0.3) is 0 Å². The molecular weight excluding hydrogens is 352 g/mol. The van der Waals surface area contributed by atoms with Crippen LogP contribution in [0.2, 0.25) is 5.02 Å². The molecule has 0 atom stereocenters. The lowest BCUT2D eigenvalue weighted by Gasteiger charge is -2.20. The first kappa shape index (κ1) is 18.9. The van der Waals surface area contributed by atoms with Crippen LogP contribution in [0.5, 0.6) is 5.75 Å². The predicted molar refractivity (Wildman–Crippen MR) is 103 cm³/mol. The van der Waals surface area contributed by atoms with Crippen molar-refractivity contribution in [1.29, 1.82) is 0 Å². The second-order valence-corrected chi connectivity index (χ2v) is 7.16. The number of likely N-dealkylation sites (tertiary alicyclic amines) is 1. The van der Waals surface area contributed by atoms with E-state index in [9.17, 15) is 5.11 Å². The molecule has 0 aliphatic carbocycles. The highest BCUT2D eigenvalue weighted by molar-refractivity contribution is 6.30. The number of nitrogen functional groups attached to an aromatic ring is 1. The highest BCUT2D eigenvalue weighted by Gasteiger charge is 2.21. The number of aromatic hydroxyl groups is 1. The first-order valence-corrected chi connectivity index (χ1v) is 9.33. The van der Waals surface area contributed by atoms with Crippen molar-refractivity contribution in [2.24, 2.45) is 0 Å². The number of fused-ring (bicyclic) bond motifs is 1. The molecule has 1 fully saturated rings. The number of ether oxygens (including phenoxy) is 1. The van der Waals surface area contributed by atoms with E-state index in [0.29, 0.717) is 41.7 Å². The number of hydrogen-bond acceptors (Lipinski definition) is 6. The summed E-state index contributed by atoms with van der Waals surface area (Å²) in [5.74, 6) is 0.465. The van der Waals surface area contributed by atoms with E-state index in [4.69, 9.17) is 22.1 Å². The fourth-order valence-corrected chi connectivity index (χ4v) is 3.44. The SMILES string of the molecule is CN1CCCCC1.Nc1nnc(-c2ccc(Cl)cc2O)c2c1COCC2. The van der Waals surface area contributed by atoms with Crippen molar-refractivity contribution in [3.8, 4) is 17.0 Å². The summed E-state index contributed by atoms with van der Waals surface area (Å²) in [4.78, 5) is 2.39. The van der Waals surface area contributed by atoms with E-state index in [2.05, 4.69) is 22.1 Å². The number of phenolic OH excluding ortho intramolecular Hbond substituents is 1. The van der Waals surface area contributed by atoms with Gasteiger partial charge in [-0.05, 0) is 63.2 Å². The summed E-state index contributed by atoms with van der Waals surface area (Å²) in [6, 6.07) is 4.93. The third-order valence-electron chi connectivity index (χ3n) is 4.75. The lowest BCUT2D eigenvalue weighted by atomic mass is 9.98. The summed E-state index contributed by atoms with van der Waals surface area (Å²) in [6.45, 7) is 3.68. The van der Waals surface area contributed by atoms with Crippen LogP contribution in [0.15, 0.2) is 18.2 Å². The molecule has 140 valence electrons. The largest absolute Gasteiger partial charge is 0.507 e. The summed E-state index contributed by atoms with van der Waals surface area (Å²) >= 11 is 5.84. The fraction of sp³-hybridized carbons (Fsp3) is 0.474. The number of benzene rings is 1. The van der Waals surface area contributed by atoms with Gasteiger partial charge in [0.2, 0.25) is 0 Å². The zero-order valence-corrected chi connectivity index (χ0v) is 15.8. The number of nitrogens with zero attached hydrogens (tertiary/aromatic N) is 3. The number of anilines is 1. The van der Waals surface area contributed by atoms with Gasteiger partial charge in [-0.3, -0.25) is 0 Å². The molecule has 3 N–H and O–H groups in total. The molecule has 0 radical (unpaired) electrons. The van der Waals surface area contributed by atoms with Crippen molar-refractivity contribution in [3.05, 3.63) is 34.3 Å². The Balaban J connectivity index is 0.000000236. The van der Waals surface area contributed by atoms with E-state index in [1.54, 1.807) is 12.1 Å². The topological polar surface area (TPSA) is 84.5 Å². The quantitative estimate of drug-likeness (QED) is 0.794. The minimum atomic E-state index is 0.0836. The van der Waals surface area contributed by atoms with Gasteiger partial charge < -0.3 is 20.5 Å². The van der Waals surface area contributed by atoms with Crippen molar-refractivity contribution >= 4 is 17.4 Å². The molecule has 0 amide bonds. The van der Waals surface area contributed by atoms with Gasteiger partial charge in [0.15, 0.2) is 5.82 Å². The van der Waals surface area contributed by atoms with Crippen LogP contribution in [-0.2, 0) is 17.8 Å². The van der Waals surface area contributed by atoms with Crippen molar-refractivity contribution in [1.82, 2.24) is 15.1 Å². The number of aromatic nitrogens is 2. The van der Waals surface area contributed by atoms with Crippen molar-refractivity contribution in [3.63, 3.8) is 0 Å². The van der Waals surface area contributed by atoms with Crippen LogP contribution in [0, 0.1) is 0 Å². The Morgan fingerprint density at radius 2 is 1.92 bits per heavy atom. The molecule has 0 saturated carbocycles. The lowest BCUT2D eigenvalue weighted by Crippen LogP contribution is -2.24. The molecule has 2 aromatic rings. The number of nitrogens with two attached hydrogens (primary N) is 1. The van der Waals surface area contributed by atoms with Gasteiger partial charge in [0.05, 0.1) is 13.2 Å². The van der Waals surface area contributed by atoms with Crippen LogP contribution in [0.3, 0.4) is 0 Å². The van der Waals surface area contributed by atoms with E-state index in [-0.39, 0.29) is 5.75 Å². The molecule has 1 aromatic carbocycles. The first-order chi connectivity index (χ1) is 12.6. The van der Waals surface area contributed by atoms with Crippen molar-refractivity contribution < 1.29 is 9.84 Å². The maximum absolute atomic E-state index is 10.0. The van der Waals surface area contributed by atoms with Gasteiger partial charge >= 0.3 is 0 Å².